The Morgan fingerprint density at radius 3 is 2.48 bits per heavy atom. The van der Waals surface area contributed by atoms with Crippen LogP contribution in [0.3, 0.4) is 0 Å². The molecule has 9 heteroatoms. The van der Waals surface area contributed by atoms with Crippen LogP contribution in [-0.4, -0.2) is 72.7 Å². The van der Waals surface area contributed by atoms with E-state index in [9.17, 15) is 23.1 Å². The van der Waals surface area contributed by atoms with E-state index in [1.807, 2.05) is 10.3 Å². The number of aliphatic hydroxyl groups excluding tert-OH is 1. The maximum atomic E-state index is 12.9. The molecule has 0 atom stereocenters. The van der Waals surface area contributed by atoms with Crippen molar-refractivity contribution in [2.45, 2.75) is 38.0 Å². The quantitative estimate of drug-likeness (QED) is 0.745. The third kappa shape index (κ3) is 5.32. The first kappa shape index (κ1) is 22.4. The van der Waals surface area contributed by atoms with Crippen molar-refractivity contribution in [1.82, 2.24) is 9.80 Å². The number of amides is 1. The van der Waals surface area contributed by atoms with Crippen molar-refractivity contribution in [3.8, 4) is 0 Å². The van der Waals surface area contributed by atoms with E-state index < -0.39 is 11.7 Å². The van der Waals surface area contributed by atoms with Crippen LogP contribution < -0.4 is 4.90 Å². The van der Waals surface area contributed by atoms with Gasteiger partial charge in [-0.2, -0.15) is 13.2 Å². The van der Waals surface area contributed by atoms with Gasteiger partial charge in [-0.15, -0.1) is 11.3 Å². The normalized spacial score (nSPS) is 19.4. The molecule has 2 fully saturated rings. The summed E-state index contributed by atoms with van der Waals surface area (Å²) in [5.41, 5.74) is 0.407. The molecule has 1 amide bonds. The number of fused-ring (bicyclic) bond motifs is 1. The summed E-state index contributed by atoms with van der Waals surface area (Å²) in [5.74, 6) is 0.175. The average Bonchev–Trinajstić information content (AvgIpc) is 3.17. The number of aliphatic hydroxyl groups is 1. The maximum absolute atomic E-state index is 12.9. The number of alkyl halides is 3. The molecule has 0 bridgehead atoms. The number of halogens is 3. The lowest BCUT2D eigenvalue weighted by Crippen LogP contribution is -2.46. The number of anilines is 1. The highest BCUT2D eigenvalue weighted by Gasteiger charge is 2.31. The van der Waals surface area contributed by atoms with Gasteiger partial charge in [0.05, 0.1) is 17.4 Å². The molecule has 31 heavy (non-hydrogen) atoms. The molecule has 2 aliphatic heterocycles. The van der Waals surface area contributed by atoms with Gasteiger partial charge in [0.2, 0.25) is 5.91 Å². The first-order chi connectivity index (χ1) is 14.8. The fourth-order valence-corrected chi connectivity index (χ4v) is 5.38. The average molecular weight is 456 g/mol. The monoisotopic (exact) mass is 455 g/mol. The second-order valence-electron chi connectivity index (χ2n) is 8.37. The number of carbonyl (C=O) groups excluding carboxylic acids is 1. The van der Waals surface area contributed by atoms with E-state index in [1.54, 1.807) is 6.07 Å². The highest BCUT2D eigenvalue weighted by atomic mass is 32.1. The lowest BCUT2D eigenvalue weighted by molar-refractivity contribution is -0.137. The Labute approximate surface area is 184 Å². The molecule has 2 saturated heterocycles. The summed E-state index contributed by atoms with van der Waals surface area (Å²) >= 11 is 1.36. The summed E-state index contributed by atoms with van der Waals surface area (Å²) in [4.78, 5) is 18.8. The standard InChI is InChI=1S/C22H28F3N3O2S/c23-22(24,25)16-3-4-18-19(15-31-20(18)14-16)27-12-10-26(11-13-27)7-1-2-21(30)28-8-5-17(29)6-9-28/h3-4,14-15,17,29H,1-2,5-13H2. The molecule has 1 N–H and O–H groups in total. The van der Waals surface area contributed by atoms with Crippen molar-refractivity contribution in [3.63, 3.8) is 0 Å². The van der Waals surface area contributed by atoms with Crippen LogP contribution in [0, 0.1) is 0 Å². The van der Waals surface area contributed by atoms with Crippen molar-refractivity contribution < 1.29 is 23.1 Å². The minimum absolute atomic E-state index is 0.175. The second-order valence-corrected chi connectivity index (χ2v) is 9.29. The molecular formula is C22H28F3N3O2S. The molecule has 2 aliphatic rings. The van der Waals surface area contributed by atoms with Gasteiger partial charge in [0.15, 0.2) is 0 Å². The van der Waals surface area contributed by atoms with Crippen LogP contribution in [0.15, 0.2) is 23.6 Å². The van der Waals surface area contributed by atoms with E-state index in [2.05, 4.69) is 9.80 Å². The van der Waals surface area contributed by atoms with Crippen LogP contribution in [0.25, 0.3) is 10.1 Å². The smallest absolute Gasteiger partial charge is 0.393 e. The van der Waals surface area contributed by atoms with E-state index in [0.29, 0.717) is 37.1 Å². The Morgan fingerprint density at radius 1 is 1.10 bits per heavy atom. The van der Waals surface area contributed by atoms with Gasteiger partial charge in [0, 0.05) is 61.2 Å². The number of hydrogen-bond donors (Lipinski definition) is 1. The van der Waals surface area contributed by atoms with Gasteiger partial charge in [-0.1, -0.05) is 6.07 Å². The van der Waals surface area contributed by atoms with Crippen LogP contribution >= 0.6 is 11.3 Å². The fraction of sp³-hybridized carbons (Fsp3) is 0.591. The third-order valence-electron chi connectivity index (χ3n) is 6.28. The SMILES string of the molecule is O=C(CCCN1CCN(c2csc3cc(C(F)(F)F)ccc23)CC1)N1CCC(O)CC1. The molecule has 0 radical (unpaired) electrons. The van der Waals surface area contributed by atoms with Crippen LogP contribution in [0.2, 0.25) is 0 Å². The van der Waals surface area contributed by atoms with Crippen molar-refractivity contribution in [2.24, 2.45) is 0 Å². The van der Waals surface area contributed by atoms with E-state index in [4.69, 9.17) is 0 Å². The van der Waals surface area contributed by atoms with Gasteiger partial charge >= 0.3 is 6.18 Å². The zero-order chi connectivity index (χ0) is 22.0. The Balaban J connectivity index is 1.25. The molecule has 0 aliphatic carbocycles. The molecule has 3 heterocycles. The number of nitrogens with zero attached hydrogens (tertiary/aromatic N) is 3. The Morgan fingerprint density at radius 2 is 1.81 bits per heavy atom. The molecule has 5 nitrogen and oxygen atoms in total. The minimum atomic E-state index is -4.32. The van der Waals surface area contributed by atoms with Gasteiger partial charge in [-0.25, -0.2) is 0 Å². The van der Waals surface area contributed by atoms with Crippen molar-refractivity contribution >= 4 is 33.0 Å². The predicted octanol–water partition coefficient (Wildman–Crippen LogP) is 3.81. The molecule has 4 rings (SSSR count). The van der Waals surface area contributed by atoms with Gasteiger partial charge in [0.25, 0.3) is 0 Å². The number of benzene rings is 1. The van der Waals surface area contributed by atoms with Crippen LogP contribution in [0.5, 0.6) is 0 Å². The summed E-state index contributed by atoms with van der Waals surface area (Å²) < 4.78 is 39.5. The molecule has 0 spiro atoms. The van der Waals surface area contributed by atoms with E-state index in [-0.39, 0.29) is 12.0 Å². The predicted molar refractivity (Wildman–Crippen MR) is 117 cm³/mol. The topological polar surface area (TPSA) is 47.0 Å². The third-order valence-corrected chi connectivity index (χ3v) is 7.21. The van der Waals surface area contributed by atoms with E-state index in [0.717, 1.165) is 56.3 Å². The number of piperazine rings is 1. The minimum Gasteiger partial charge on any atom is -0.393 e. The highest BCUT2D eigenvalue weighted by Crippen LogP contribution is 2.38. The molecule has 0 saturated carbocycles. The number of piperidine rings is 1. The lowest BCUT2D eigenvalue weighted by atomic mass is 10.1. The Bertz CT molecular complexity index is 901. The lowest BCUT2D eigenvalue weighted by Gasteiger charge is -2.36. The van der Waals surface area contributed by atoms with Crippen molar-refractivity contribution in [2.75, 3.05) is 50.7 Å². The first-order valence-electron chi connectivity index (χ1n) is 10.8. The number of rotatable bonds is 5. The molecule has 1 aromatic heterocycles. The molecule has 1 aromatic carbocycles. The largest absolute Gasteiger partial charge is 0.416 e. The number of thiophene rings is 1. The number of hydrogen-bond acceptors (Lipinski definition) is 5. The Hall–Kier alpha value is -1.84. The van der Waals surface area contributed by atoms with Crippen molar-refractivity contribution in [3.05, 3.63) is 29.1 Å². The van der Waals surface area contributed by atoms with Gasteiger partial charge in [-0.3, -0.25) is 9.69 Å². The zero-order valence-electron chi connectivity index (χ0n) is 17.4. The molecule has 0 unspecified atom stereocenters. The van der Waals surface area contributed by atoms with Crippen molar-refractivity contribution in [1.29, 1.82) is 0 Å². The Kier molecular flexibility index (Phi) is 6.74. The molecule has 170 valence electrons. The summed E-state index contributed by atoms with van der Waals surface area (Å²) in [7, 11) is 0. The van der Waals surface area contributed by atoms with E-state index >= 15 is 0 Å². The summed E-state index contributed by atoms with van der Waals surface area (Å²) in [6.45, 7) is 5.57. The summed E-state index contributed by atoms with van der Waals surface area (Å²) in [6.07, 6.45) is -1.90. The number of likely N-dealkylation sites (tertiary alicyclic amines) is 1. The van der Waals surface area contributed by atoms with Crippen LogP contribution in [0.1, 0.15) is 31.2 Å². The maximum Gasteiger partial charge on any atom is 0.416 e. The number of carbonyl (C=O) groups is 1. The zero-order valence-corrected chi connectivity index (χ0v) is 18.2. The van der Waals surface area contributed by atoms with Crippen LogP contribution in [0.4, 0.5) is 18.9 Å². The summed E-state index contributed by atoms with van der Waals surface area (Å²) in [5, 5.41) is 12.4. The molecular weight excluding hydrogens is 427 g/mol. The van der Waals surface area contributed by atoms with Crippen LogP contribution in [-0.2, 0) is 11.0 Å². The second kappa shape index (κ2) is 9.34. The summed E-state index contributed by atoms with van der Waals surface area (Å²) in [6, 6.07) is 3.98. The van der Waals surface area contributed by atoms with Gasteiger partial charge in [-0.05, 0) is 37.9 Å². The first-order valence-corrected chi connectivity index (χ1v) is 11.7. The molecule has 2 aromatic rings. The van der Waals surface area contributed by atoms with Gasteiger partial charge in [0.1, 0.15) is 0 Å². The van der Waals surface area contributed by atoms with E-state index in [1.165, 1.54) is 17.4 Å². The van der Waals surface area contributed by atoms with Gasteiger partial charge < -0.3 is 14.9 Å². The fourth-order valence-electron chi connectivity index (χ4n) is 4.38. The highest BCUT2D eigenvalue weighted by molar-refractivity contribution is 7.17.